The Bertz CT molecular complexity index is 721. The molecule has 0 amide bonds. The quantitative estimate of drug-likeness (QED) is 0.636. The van der Waals surface area contributed by atoms with Crippen LogP contribution in [-0.4, -0.2) is 28.6 Å². The number of aliphatic hydroxyl groups excluding tert-OH is 1. The first-order chi connectivity index (χ1) is 11.7. The van der Waals surface area contributed by atoms with Crippen molar-refractivity contribution in [3.8, 4) is 11.6 Å². The number of pyridine rings is 1. The number of hydrogen-bond acceptors (Lipinski definition) is 4. The Hall–Kier alpha value is -1.41. The van der Waals surface area contributed by atoms with Gasteiger partial charge in [-0.2, -0.15) is 13.2 Å². The molecule has 1 aromatic carbocycles. The molecule has 2 rings (SSSR count). The van der Waals surface area contributed by atoms with E-state index < -0.39 is 18.0 Å². The largest absolute Gasteiger partial charge is 0.436 e. The van der Waals surface area contributed by atoms with E-state index in [1.165, 1.54) is 18.2 Å². The maximum absolute atomic E-state index is 12.7. The summed E-state index contributed by atoms with van der Waals surface area (Å²) in [4.78, 5) is 3.39. The van der Waals surface area contributed by atoms with E-state index in [9.17, 15) is 18.3 Å². The standard InChI is InChI=1S/C15H12Cl3F3N2O2/c16-6-9(24)7-22-8-4-10(17)14(11(18)5-8)25-13-3-1-2-12(23-13)15(19,20)21/h1-5,9,22,24H,6-7H2. The highest BCUT2D eigenvalue weighted by molar-refractivity contribution is 6.37. The molecule has 0 aliphatic rings. The van der Waals surface area contributed by atoms with E-state index in [1.807, 2.05) is 0 Å². The zero-order valence-corrected chi connectivity index (χ0v) is 14.7. The first-order valence-electron chi connectivity index (χ1n) is 6.89. The van der Waals surface area contributed by atoms with E-state index in [1.54, 1.807) is 0 Å². The van der Waals surface area contributed by atoms with Crippen LogP contribution in [0.25, 0.3) is 0 Å². The SMILES string of the molecule is OC(CCl)CNc1cc(Cl)c(Oc2cccc(C(F)(F)F)n2)c(Cl)c1. The average Bonchev–Trinajstić information content (AvgIpc) is 2.55. The molecule has 4 nitrogen and oxygen atoms in total. The highest BCUT2D eigenvalue weighted by Gasteiger charge is 2.32. The Labute approximate surface area is 156 Å². The highest BCUT2D eigenvalue weighted by atomic mass is 35.5. The molecule has 0 spiro atoms. The smallest absolute Gasteiger partial charge is 0.433 e. The number of ether oxygens (including phenoxy) is 1. The van der Waals surface area contributed by atoms with Crippen LogP contribution in [0.5, 0.6) is 11.6 Å². The average molecular weight is 416 g/mol. The molecule has 10 heteroatoms. The van der Waals surface area contributed by atoms with Crippen molar-refractivity contribution in [3.05, 3.63) is 46.1 Å². The summed E-state index contributed by atoms with van der Waals surface area (Å²) in [7, 11) is 0. The van der Waals surface area contributed by atoms with Crippen LogP contribution in [0, 0.1) is 0 Å². The summed E-state index contributed by atoms with van der Waals surface area (Å²) >= 11 is 17.6. The fourth-order valence-corrected chi connectivity index (χ4v) is 2.46. The molecule has 0 saturated carbocycles. The predicted octanol–water partition coefficient (Wildman–Crippen LogP) is 5.21. The van der Waals surface area contributed by atoms with Gasteiger partial charge in [0.15, 0.2) is 5.75 Å². The van der Waals surface area contributed by atoms with Crippen molar-refractivity contribution in [1.82, 2.24) is 4.98 Å². The van der Waals surface area contributed by atoms with Gasteiger partial charge in [-0.3, -0.25) is 0 Å². The number of nitrogens with zero attached hydrogens (tertiary/aromatic N) is 1. The predicted molar refractivity (Wildman–Crippen MR) is 91.0 cm³/mol. The van der Waals surface area contributed by atoms with Gasteiger partial charge in [-0.15, -0.1) is 11.6 Å². The van der Waals surface area contributed by atoms with Crippen LogP contribution in [0.3, 0.4) is 0 Å². The topological polar surface area (TPSA) is 54.4 Å². The van der Waals surface area contributed by atoms with Crippen LogP contribution in [0.1, 0.15) is 5.69 Å². The molecular weight excluding hydrogens is 404 g/mol. The number of halogens is 6. The van der Waals surface area contributed by atoms with Crippen LogP contribution in [0.2, 0.25) is 10.0 Å². The number of rotatable bonds is 6. The summed E-state index contributed by atoms with van der Waals surface area (Å²) < 4.78 is 43.4. The molecule has 136 valence electrons. The molecule has 0 aliphatic heterocycles. The molecule has 0 bridgehead atoms. The van der Waals surface area contributed by atoms with E-state index in [0.29, 0.717) is 5.69 Å². The van der Waals surface area contributed by atoms with Crippen molar-refractivity contribution < 1.29 is 23.0 Å². The molecule has 2 N–H and O–H groups in total. The Morgan fingerprint density at radius 3 is 2.40 bits per heavy atom. The van der Waals surface area contributed by atoms with E-state index in [-0.39, 0.29) is 34.1 Å². The second-order valence-electron chi connectivity index (χ2n) is 4.92. The van der Waals surface area contributed by atoms with Crippen molar-refractivity contribution in [1.29, 1.82) is 0 Å². The van der Waals surface area contributed by atoms with Crippen LogP contribution >= 0.6 is 34.8 Å². The number of alkyl halides is 4. The van der Waals surface area contributed by atoms with Gasteiger partial charge < -0.3 is 15.2 Å². The van der Waals surface area contributed by atoms with Gasteiger partial charge in [-0.05, 0) is 18.2 Å². The summed E-state index contributed by atoms with van der Waals surface area (Å²) in [5, 5.41) is 12.4. The second-order valence-corrected chi connectivity index (χ2v) is 6.04. The summed E-state index contributed by atoms with van der Waals surface area (Å²) in [6, 6.07) is 6.15. The Balaban J connectivity index is 2.20. The number of benzene rings is 1. The number of aliphatic hydroxyl groups is 1. The van der Waals surface area contributed by atoms with E-state index in [4.69, 9.17) is 39.5 Å². The van der Waals surface area contributed by atoms with Crippen molar-refractivity contribution >= 4 is 40.5 Å². The summed E-state index contributed by atoms with van der Waals surface area (Å²) in [5.74, 6) is -0.271. The fourth-order valence-electron chi connectivity index (χ4n) is 1.78. The summed E-state index contributed by atoms with van der Waals surface area (Å²) in [6.45, 7) is 0.172. The monoisotopic (exact) mass is 414 g/mol. The van der Waals surface area contributed by atoms with Gasteiger partial charge in [0.05, 0.1) is 22.0 Å². The minimum atomic E-state index is -4.59. The van der Waals surface area contributed by atoms with Crippen molar-refractivity contribution in [2.75, 3.05) is 17.7 Å². The van der Waals surface area contributed by atoms with Gasteiger partial charge in [-0.1, -0.05) is 29.3 Å². The van der Waals surface area contributed by atoms with Crippen LogP contribution in [0.4, 0.5) is 18.9 Å². The lowest BCUT2D eigenvalue weighted by Crippen LogP contribution is -2.20. The minimum absolute atomic E-state index is 0.0291. The molecule has 0 saturated heterocycles. The third kappa shape index (κ3) is 5.54. The summed E-state index contributed by atoms with van der Waals surface area (Å²) in [6.07, 6.45) is -5.35. The number of aromatic nitrogens is 1. The number of nitrogens with one attached hydrogen (secondary N) is 1. The van der Waals surface area contributed by atoms with Crippen LogP contribution < -0.4 is 10.1 Å². The van der Waals surface area contributed by atoms with Gasteiger partial charge in [0.1, 0.15) is 5.69 Å². The normalized spacial score (nSPS) is 12.8. The number of anilines is 1. The first-order valence-corrected chi connectivity index (χ1v) is 8.19. The number of hydrogen-bond donors (Lipinski definition) is 2. The van der Waals surface area contributed by atoms with Gasteiger partial charge in [-0.25, -0.2) is 4.98 Å². The maximum atomic E-state index is 12.7. The maximum Gasteiger partial charge on any atom is 0.433 e. The van der Waals surface area contributed by atoms with Crippen LogP contribution in [-0.2, 0) is 6.18 Å². The second kappa shape index (κ2) is 8.31. The molecule has 1 unspecified atom stereocenters. The molecule has 0 radical (unpaired) electrons. The van der Waals surface area contributed by atoms with Gasteiger partial charge >= 0.3 is 6.18 Å². The van der Waals surface area contributed by atoms with E-state index in [2.05, 4.69) is 10.3 Å². The Morgan fingerprint density at radius 1 is 1.20 bits per heavy atom. The third-order valence-corrected chi connectivity index (χ3v) is 3.86. The van der Waals surface area contributed by atoms with Crippen molar-refractivity contribution in [2.45, 2.75) is 12.3 Å². The highest BCUT2D eigenvalue weighted by Crippen LogP contribution is 2.39. The molecule has 25 heavy (non-hydrogen) atoms. The molecule has 1 atom stereocenters. The van der Waals surface area contributed by atoms with E-state index in [0.717, 1.165) is 12.1 Å². The lowest BCUT2D eigenvalue weighted by atomic mass is 10.2. The molecule has 0 aliphatic carbocycles. The zero-order chi connectivity index (χ0) is 18.6. The molecule has 2 aromatic rings. The Morgan fingerprint density at radius 2 is 1.84 bits per heavy atom. The lowest BCUT2D eigenvalue weighted by Gasteiger charge is -2.14. The van der Waals surface area contributed by atoms with Crippen molar-refractivity contribution in [2.24, 2.45) is 0 Å². The molecule has 0 fully saturated rings. The van der Waals surface area contributed by atoms with Gasteiger partial charge in [0, 0.05) is 18.3 Å². The molecule has 1 heterocycles. The van der Waals surface area contributed by atoms with Gasteiger partial charge in [0.25, 0.3) is 0 Å². The third-order valence-electron chi connectivity index (χ3n) is 2.94. The van der Waals surface area contributed by atoms with E-state index >= 15 is 0 Å². The zero-order valence-electron chi connectivity index (χ0n) is 12.4. The summed E-state index contributed by atoms with van der Waals surface area (Å²) in [5.41, 5.74) is -0.603. The first kappa shape index (κ1) is 19.9. The van der Waals surface area contributed by atoms with Crippen molar-refractivity contribution in [3.63, 3.8) is 0 Å². The minimum Gasteiger partial charge on any atom is -0.436 e. The molecular formula is C15H12Cl3F3N2O2. The Kier molecular flexibility index (Phi) is 6.62. The van der Waals surface area contributed by atoms with Crippen LogP contribution in [0.15, 0.2) is 30.3 Å². The fraction of sp³-hybridized carbons (Fsp3) is 0.267. The molecule has 1 aromatic heterocycles. The lowest BCUT2D eigenvalue weighted by molar-refractivity contribution is -0.141. The van der Waals surface area contributed by atoms with Gasteiger partial charge in [0.2, 0.25) is 5.88 Å².